The average Bonchev–Trinajstić information content (AvgIpc) is 2.02. The van der Waals surface area contributed by atoms with E-state index in [0.717, 1.165) is 5.69 Å². The summed E-state index contributed by atoms with van der Waals surface area (Å²) in [6.45, 7) is 3.60. The summed E-state index contributed by atoms with van der Waals surface area (Å²) in [6.07, 6.45) is 1.50. The topological polar surface area (TPSA) is 65.2 Å². The van der Waals surface area contributed by atoms with Crippen molar-refractivity contribution in [3.05, 3.63) is 30.1 Å². The zero-order chi connectivity index (χ0) is 10.6. The molecule has 1 aromatic heterocycles. The molecule has 0 aliphatic rings. The second-order valence-electron chi connectivity index (χ2n) is 3.68. The van der Waals surface area contributed by atoms with E-state index in [9.17, 15) is 4.79 Å². The zero-order valence-electron chi connectivity index (χ0n) is 8.36. The van der Waals surface area contributed by atoms with Crippen LogP contribution in [-0.2, 0) is 11.2 Å². The fraction of sp³-hybridized carbons (Fsp3) is 0.400. The number of rotatable bonds is 3. The Morgan fingerprint density at radius 1 is 1.57 bits per heavy atom. The number of hydrogen-bond acceptors (Lipinski definition) is 3. The van der Waals surface area contributed by atoms with E-state index in [1.165, 1.54) is 0 Å². The van der Waals surface area contributed by atoms with E-state index in [4.69, 9.17) is 10.5 Å². The van der Waals surface area contributed by atoms with Gasteiger partial charge in [-0.1, -0.05) is 6.07 Å². The minimum absolute atomic E-state index is 0.552. The van der Waals surface area contributed by atoms with Crippen molar-refractivity contribution in [3.63, 3.8) is 0 Å². The molecular weight excluding hydrogens is 180 g/mol. The Morgan fingerprint density at radius 3 is 2.79 bits per heavy atom. The first-order valence-electron chi connectivity index (χ1n) is 4.38. The molecule has 0 aliphatic heterocycles. The van der Waals surface area contributed by atoms with Crippen LogP contribution in [0, 0.1) is 0 Å². The molecule has 0 aromatic carbocycles. The summed E-state index contributed by atoms with van der Waals surface area (Å²) >= 11 is 0. The number of amides is 1. The van der Waals surface area contributed by atoms with E-state index in [-0.39, 0.29) is 0 Å². The van der Waals surface area contributed by atoms with Gasteiger partial charge in [0.2, 0.25) is 0 Å². The van der Waals surface area contributed by atoms with Gasteiger partial charge in [-0.15, -0.1) is 0 Å². The predicted molar refractivity (Wildman–Crippen MR) is 52.7 cm³/mol. The number of pyridine rings is 1. The Bertz CT molecular complexity index is 309. The van der Waals surface area contributed by atoms with E-state index in [1.807, 2.05) is 18.2 Å². The van der Waals surface area contributed by atoms with Crippen LogP contribution in [0.15, 0.2) is 24.4 Å². The molecule has 0 saturated carbocycles. The van der Waals surface area contributed by atoms with Crippen LogP contribution in [0.25, 0.3) is 0 Å². The summed E-state index contributed by atoms with van der Waals surface area (Å²) in [5.74, 6) is 0. The lowest BCUT2D eigenvalue weighted by Crippen LogP contribution is -2.33. The lowest BCUT2D eigenvalue weighted by Gasteiger charge is -2.23. The normalized spacial score (nSPS) is 11.0. The number of carbonyl (C=O) groups is 1. The van der Waals surface area contributed by atoms with Gasteiger partial charge < -0.3 is 10.5 Å². The summed E-state index contributed by atoms with van der Waals surface area (Å²) in [5.41, 5.74) is 5.21. The first kappa shape index (κ1) is 10.5. The number of nitrogens with two attached hydrogens (primary N) is 1. The van der Waals surface area contributed by atoms with E-state index < -0.39 is 11.7 Å². The Kier molecular flexibility index (Phi) is 3.06. The number of primary amides is 1. The van der Waals surface area contributed by atoms with Crippen molar-refractivity contribution >= 4 is 6.09 Å². The van der Waals surface area contributed by atoms with Gasteiger partial charge in [-0.2, -0.15) is 0 Å². The van der Waals surface area contributed by atoms with Crippen LogP contribution >= 0.6 is 0 Å². The standard InChI is InChI=1S/C10H14N2O2/c1-10(2,14-9(11)13)7-8-5-3-4-6-12-8/h3-6H,7H2,1-2H3,(H2,11,13). The molecule has 0 atom stereocenters. The summed E-state index contributed by atoms with van der Waals surface area (Å²) in [5, 5.41) is 0. The van der Waals surface area contributed by atoms with Gasteiger partial charge in [0.1, 0.15) is 5.60 Å². The monoisotopic (exact) mass is 194 g/mol. The van der Waals surface area contributed by atoms with Gasteiger partial charge in [-0.25, -0.2) is 4.79 Å². The molecule has 0 fully saturated rings. The summed E-state index contributed by atoms with van der Waals surface area (Å²) in [6, 6.07) is 5.61. The van der Waals surface area contributed by atoms with E-state index in [2.05, 4.69) is 4.98 Å². The van der Waals surface area contributed by atoms with Crippen molar-refractivity contribution in [2.75, 3.05) is 0 Å². The Morgan fingerprint density at radius 2 is 2.29 bits per heavy atom. The lowest BCUT2D eigenvalue weighted by atomic mass is 10.0. The Hall–Kier alpha value is -1.58. The third kappa shape index (κ3) is 3.43. The van der Waals surface area contributed by atoms with Crippen molar-refractivity contribution in [1.29, 1.82) is 0 Å². The van der Waals surface area contributed by atoms with Crippen molar-refractivity contribution in [1.82, 2.24) is 4.98 Å². The summed E-state index contributed by atoms with van der Waals surface area (Å²) in [4.78, 5) is 14.7. The second-order valence-corrected chi connectivity index (χ2v) is 3.68. The highest BCUT2D eigenvalue weighted by atomic mass is 16.6. The molecular formula is C10H14N2O2. The fourth-order valence-corrected chi connectivity index (χ4v) is 1.25. The minimum atomic E-state index is -0.758. The molecule has 0 bridgehead atoms. The number of aromatic nitrogens is 1. The second kappa shape index (κ2) is 4.09. The molecule has 0 aliphatic carbocycles. The van der Waals surface area contributed by atoms with Crippen molar-refractivity contribution in [2.24, 2.45) is 5.73 Å². The van der Waals surface area contributed by atoms with Gasteiger partial charge in [-0.05, 0) is 26.0 Å². The van der Waals surface area contributed by atoms with Crippen LogP contribution < -0.4 is 5.73 Å². The molecule has 4 heteroatoms. The van der Waals surface area contributed by atoms with Crippen LogP contribution in [0.1, 0.15) is 19.5 Å². The molecule has 4 nitrogen and oxygen atoms in total. The largest absolute Gasteiger partial charge is 0.443 e. The molecule has 76 valence electrons. The Labute approximate surface area is 83.1 Å². The molecule has 14 heavy (non-hydrogen) atoms. The Balaban J connectivity index is 2.63. The maximum atomic E-state index is 10.6. The minimum Gasteiger partial charge on any atom is -0.443 e. The van der Waals surface area contributed by atoms with Crippen LogP contribution in [0.3, 0.4) is 0 Å². The lowest BCUT2D eigenvalue weighted by molar-refractivity contribution is 0.0453. The molecule has 1 rings (SSSR count). The van der Waals surface area contributed by atoms with E-state index in [1.54, 1.807) is 20.0 Å². The molecule has 1 heterocycles. The van der Waals surface area contributed by atoms with Gasteiger partial charge in [0.05, 0.1) is 0 Å². The highest BCUT2D eigenvalue weighted by Crippen LogP contribution is 2.14. The maximum Gasteiger partial charge on any atom is 0.405 e. The average molecular weight is 194 g/mol. The van der Waals surface area contributed by atoms with Gasteiger partial charge in [0.25, 0.3) is 0 Å². The highest BCUT2D eigenvalue weighted by Gasteiger charge is 2.22. The molecule has 0 spiro atoms. The third-order valence-corrected chi connectivity index (χ3v) is 1.71. The first-order valence-corrected chi connectivity index (χ1v) is 4.38. The van der Waals surface area contributed by atoms with Gasteiger partial charge in [0, 0.05) is 18.3 Å². The predicted octanol–water partition coefficient (Wildman–Crippen LogP) is 1.50. The van der Waals surface area contributed by atoms with Crippen LogP contribution in [0.4, 0.5) is 4.79 Å². The molecule has 0 saturated heterocycles. The van der Waals surface area contributed by atoms with E-state index in [0.29, 0.717) is 6.42 Å². The fourth-order valence-electron chi connectivity index (χ4n) is 1.25. The number of ether oxygens (including phenoxy) is 1. The van der Waals surface area contributed by atoms with Crippen LogP contribution in [0.5, 0.6) is 0 Å². The first-order chi connectivity index (χ1) is 6.49. The van der Waals surface area contributed by atoms with Crippen molar-refractivity contribution in [2.45, 2.75) is 25.9 Å². The molecule has 0 unspecified atom stereocenters. The maximum absolute atomic E-state index is 10.6. The van der Waals surface area contributed by atoms with Gasteiger partial charge >= 0.3 is 6.09 Å². The number of carbonyl (C=O) groups excluding carboxylic acids is 1. The van der Waals surface area contributed by atoms with Crippen molar-refractivity contribution in [3.8, 4) is 0 Å². The van der Waals surface area contributed by atoms with E-state index >= 15 is 0 Å². The highest BCUT2D eigenvalue weighted by molar-refractivity contribution is 5.65. The van der Waals surface area contributed by atoms with Crippen molar-refractivity contribution < 1.29 is 9.53 Å². The van der Waals surface area contributed by atoms with Gasteiger partial charge in [0.15, 0.2) is 0 Å². The molecule has 0 radical (unpaired) electrons. The summed E-state index contributed by atoms with van der Waals surface area (Å²) in [7, 11) is 0. The number of hydrogen-bond donors (Lipinski definition) is 1. The molecule has 1 amide bonds. The zero-order valence-corrected chi connectivity index (χ0v) is 8.36. The van der Waals surface area contributed by atoms with Crippen LogP contribution in [-0.4, -0.2) is 16.7 Å². The third-order valence-electron chi connectivity index (χ3n) is 1.71. The quantitative estimate of drug-likeness (QED) is 0.792. The van der Waals surface area contributed by atoms with Gasteiger partial charge in [-0.3, -0.25) is 4.98 Å². The SMILES string of the molecule is CC(C)(Cc1ccccn1)OC(N)=O. The summed E-state index contributed by atoms with van der Waals surface area (Å²) < 4.78 is 4.94. The number of nitrogens with zero attached hydrogens (tertiary/aromatic N) is 1. The smallest absolute Gasteiger partial charge is 0.405 e. The molecule has 2 N–H and O–H groups in total. The molecule has 1 aromatic rings. The van der Waals surface area contributed by atoms with Crippen LogP contribution in [0.2, 0.25) is 0 Å².